The Hall–Kier alpha value is -0.930. The minimum atomic E-state index is 0.236. The lowest BCUT2D eigenvalue weighted by Crippen LogP contribution is -2.40. The van der Waals surface area contributed by atoms with Crippen molar-refractivity contribution in [1.29, 1.82) is 0 Å². The Bertz CT molecular complexity index is 364. The summed E-state index contributed by atoms with van der Waals surface area (Å²) in [6, 6.07) is 2.66. The van der Waals surface area contributed by atoms with Crippen molar-refractivity contribution in [2.75, 3.05) is 13.1 Å². The molecule has 1 aliphatic rings. The van der Waals surface area contributed by atoms with Crippen molar-refractivity contribution in [1.82, 2.24) is 9.88 Å². The summed E-state index contributed by atoms with van der Waals surface area (Å²) in [5.74, 6) is 0. The molecule has 1 fully saturated rings. The second kappa shape index (κ2) is 5.61. The highest BCUT2D eigenvalue weighted by atomic mass is 15.2. The maximum absolute atomic E-state index is 6.38. The van der Waals surface area contributed by atoms with Gasteiger partial charge in [-0.15, -0.1) is 0 Å². The first kappa shape index (κ1) is 12.5. The molecule has 1 aliphatic heterocycles. The number of aryl methyl sites for hydroxylation is 1. The summed E-state index contributed by atoms with van der Waals surface area (Å²) in [4.78, 5) is 6.77. The summed E-state index contributed by atoms with van der Waals surface area (Å²) >= 11 is 0. The Morgan fingerprint density at radius 2 is 2.29 bits per heavy atom. The summed E-state index contributed by atoms with van der Waals surface area (Å²) in [5.41, 5.74) is 8.99. The minimum absolute atomic E-state index is 0.236. The Morgan fingerprint density at radius 3 is 3.00 bits per heavy atom. The van der Waals surface area contributed by atoms with Gasteiger partial charge in [0.2, 0.25) is 0 Å². The first-order valence-corrected chi connectivity index (χ1v) is 6.64. The number of pyridine rings is 1. The Balaban J connectivity index is 2.34. The zero-order valence-corrected chi connectivity index (χ0v) is 10.9. The van der Waals surface area contributed by atoms with Crippen molar-refractivity contribution >= 4 is 0 Å². The molecule has 0 amide bonds. The van der Waals surface area contributed by atoms with E-state index in [2.05, 4.69) is 29.8 Å². The van der Waals surface area contributed by atoms with Crippen molar-refractivity contribution < 1.29 is 0 Å². The van der Waals surface area contributed by atoms with Gasteiger partial charge in [0.1, 0.15) is 0 Å². The monoisotopic (exact) mass is 233 g/mol. The molecule has 2 N–H and O–H groups in total. The molecular formula is C14H23N3. The molecule has 0 aromatic carbocycles. The van der Waals surface area contributed by atoms with Crippen LogP contribution >= 0.6 is 0 Å². The molecule has 17 heavy (non-hydrogen) atoms. The van der Waals surface area contributed by atoms with Crippen LogP contribution < -0.4 is 5.73 Å². The van der Waals surface area contributed by atoms with Gasteiger partial charge in [-0.25, -0.2) is 0 Å². The van der Waals surface area contributed by atoms with E-state index >= 15 is 0 Å². The summed E-state index contributed by atoms with van der Waals surface area (Å²) in [6.07, 6.45) is 7.48. The van der Waals surface area contributed by atoms with Crippen LogP contribution in [-0.4, -0.2) is 29.0 Å². The number of nitrogens with two attached hydrogens (primary N) is 1. The molecule has 0 spiro atoms. The van der Waals surface area contributed by atoms with Gasteiger partial charge in [-0.1, -0.05) is 13.3 Å². The number of rotatable bonds is 2. The highest BCUT2D eigenvalue weighted by molar-refractivity contribution is 5.26. The number of nitrogens with zero attached hydrogens (tertiary/aromatic N) is 2. The van der Waals surface area contributed by atoms with E-state index in [-0.39, 0.29) is 6.04 Å². The second-order valence-corrected chi connectivity index (χ2v) is 4.97. The molecular weight excluding hydrogens is 210 g/mol. The molecule has 1 saturated heterocycles. The Kier molecular flexibility index (Phi) is 4.13. The first-order chi connectivity index (χ1) is 8.24. The SMILES string of the molecule is CCN1CCCCC(N)C1c1cnccc1C. The number of hydrogen-bond acceptors (Lipinski definition) is 3. The van der Waals surface area contributed by atoms with Gasteiger partial charge in [-0.2, -0.15) is 0 Å². The van der Waals surface area contributed by atoms with Crippen LogP contribution in [0.15, 0.2) is 18.5 Å². The van der Waals surface area contributed by atoms with Crippen molar-refractivity contribution in [3.05, 3.63) is 29.6 Å². The van der Waals surface area contributed by atoms with Gasteiger partial charge in [-0.05, 0) is 50.0 Å². The van der Waals surface area contributed by atoms with E-state index in [9.17, 15) is 0 Å². The summed E-state index contributed by atoms with van der Waals surface area (Å²) in [5, 5.41) is 0. The third-order valence-corrected chi connectivity index (χ3v) is 3.84. The van der Waals surface area contributed by atoms with E-state index in [4.69, 9.17) is 5.73 Å². The normalized spacial score (nSPS) is 26.8. The van der Waals surface area contributed by atoms with Crippen LogP contribution in [0.1, 0.15) is 43.4 Å². The highest BCUT2D eigenvalue weighted by Crippen LogP contribution is 2.30. The number of aromatic nitrogens is 1. The topological polar surface area (TPSA) is 42.1 Å². The molecule has 0 bridgehead atoms. The van der Waals surface area contributed by atoms with Crippen LogP contribution in [-0.2, 0) is 0 Å². The lowest BCUT2D eigenvalue weighted by Gasteiger charge is -2.33. The van der Waals surface area contributed by atoms with Gasteiger partial charge in [0, 0.05) is 18.4 Å². The Morgan fingerprint density at radius 1 is 1.47 bits per heavy atom. The van der Waals surface area contributed by atoms with Crippen molar-refractivity contribution in [3.63, 3.8) is 0 Å². The minimum Gasteiger partial charge on any atom is -0.326 e. The largest absolute Gasteiger partial charge is 0.326 e. The highest BCUT2D eigenvalue weighted by Gasteiger charge is 2.28. The smallest absolute Gasteiger partial charge is 0.0516 e. The van der Waals surface area contributed by atoms with Crippen LogP contribution in [0.5, 0.6) is 0 Å². The average Bonchev–Trinajstić information content (AvgIpc) is 2.52. The fraction of sp³-hybridized carbons (Fsp3) is 0.643. The van der Waals surface area contributed by atoms with Gasteiger partial charge in [-0.3, -0.25) is 9.88 Å². The predicted molar refractivity (Wildman–Crippen MR) is 70.8 cm³/mol. The molecule has 0 saturated carbocycles. The van der Waals surface area contributed by atoms with Gasteiger partial charge < -0.3 is 5.73 Å². The predicted octanol–water partition coefficient (Wildman–Crippen LogP) is 2.26. The molecule has 3 nitrogen and oxygen atoms in total. The molecule has 2 atom stereocenters. The number of likely N-dealkylation sites (N-methyl/N-ethyl adjacent to an activating group) is 1. The molecule has 1 aromatic heterocycles. The van der Waals surface area contributed by atoms with E-state index in [1.807, 2.05) is 12.4 Å². The van der Waals surface area contributed by atoms with Gasteiger partial charge >= 0.3 is 0 Å². The number of likely N-dealkylation sites (tertiary alicyclic amines) is 1. The molecule has 0 radical (unpaired) electrons. The van der Waals surface area contributed by atoms with Gasteiger partial charge in [0.05, 0.1) is 6.04 Å². The molecule has 94 valence electrons. The summed E-state index contributed by atoms with van der Waals surface area (Å²) < 4.78 is 0. The summed E-state index contributed by atoms with van der Waals surface area (Å²) in [6.45, 7) is 6.59. The van der Waals surface area contributed by atoms with Crippen LogP contribution in [0.25, 0.3) is 0 Å². The molecule has 0 aliphatic carbocycles. The van der Waals surface area contributed by atoms with Gasteiger partial charge in [0.25, 0.3) is 0 Å². The molecule has 3 heteroatoms. The second-order valence-electron chi connectivity index (χ2n) is 4.97. The molecule has 1 aromatic rings. The average molecular weight is 233 g/mol. The van der Waals surface area contributed by atoms with Gasteiger partial charge in [0.15, 0.2) is 0 Å². The molecule has 2 unspecified atom stereocenters. The van der Waals surface area contributed by atoms with E-state index in [0.717, 1.165) is 19.5 Å². The van der Waals surface area contributed by atoms with Crippen LogP contribution in [0, 0.1) is 6.92 Å². The van der Waals surface area contributed by atoms with Crippen molar-refractivity contribution in [2.45, 2.75) is 45.2 Å². The summed E-state index contributed by atoms with van der Waals surface area (Å²) in [7, 11) is 0. The van der Waals surface area contributed by atoms with Crippen LogP contribution in [0.2, 0.25) is 0 Å². The first-order valence-electron chi connectivity index (χ1n) is 6.64. The van der Waals surface area contributed by atoms with Crippen molar-refractivity contribution in [3.8, 4) is 0 Å². The van der Waals surface area contributed by atoms with E-state index < -0.39 is 0 Å². The zero-order chi connectivity index (χ0) is 12.3. The quantitative estimate of drug-likeness (QED) is 0.852. The fourth-order valence-electron chi connectivity index (χ4n) is 2.83. The molecule has 2 rings (SSSR count). The maximum atomic E-state index is 6.38. The lowest BCUT2D eigenvalue weighted by molar-refractivity contribution is 0.194. The third kappa shape index (κ3) is 2.67. The Labute approximate surface area is 104 Å². The van der Waals surface area contributed by atoms with Crippen LogP contribution in [0.3, 0.4) is 0 Å². The lowest BCUT2D eigenvalue weighted by atomic mass is 9.94. The number of hydrogen-bond donors (Lipinski definition) is 1. The standard InChI is InChI=1S/C14H23N3/c1-3-17-9-5-4-6-13(15)14(17)12-10-16-8-7-11(12)2/h7-8,10,13-14H,3-6,9,15H2,1-2H3. The zero-order valence-electron chi connectivity index (χ0n) is 10.9. The molecule has 2 heterocycles. The van der Waals surface area contributed by atoms with E-state index in [1.54, 1.807) is 0 Å². The third-order valence-electron chi connectivity index (χ3n) is 3.84. The van der Waals surface area contributed by atoms with E-state index in [1.165, 1.54) is 24.0 Å². The fourth-order valence-corrected chi connectivity index (χ4v) is 2.83. The van der Waals surface area contributed by atoms with Crippen molar-refractivity contribution in [2.24, 2.45) is 5.73 Å². The van der Waals surface area contributed by atoms with E-state index in [0.29, 0.717) is 6.04 Å². The van der Waals surface area contributed by atoms with Crippen LogP contribution in [0.4, 0.5) is 0 Å². The maximum Gasteiger partial charge on any atom is 0.0516 e.